The van der Waals surface area contributed by atoms with E-state index < -0.39 is 21.9 Å². The molecule has 11 heteroatoms. The summed E-state index contributed by atoms with van der Waals surface area (Å²) >= 11 is 3.23. The topological polar surface area (TPSA) is 105 Å². The van der Waals surface area contributed by atoms with Crippen LogP contribution in [0, 0.1) is 5.95 Å². The van der Waals surface area contributed by atoms with Crippen LogP contribution >= 0.6 is 15.9 Å². The highest BCUT2D eigenvalue weighted by atomic mass is 79.9. The summed E-state index contributed by atoms with van der Waals surface area (Å²) in [7, 11) is -2.77. The van der Waals surface area contributed by atoms with Gasteiger partial charge in [-0.05, 0) is 30.3 Å². The molecule has 0 unspecified atom stereocenters. The highest BCUT2D eigenvalue weighted by molar-refractivity contribution is 9.10. The fourth-order valence-electron chi connectivity index (χ4n) is 2.45. The Morgan fingerprint density at radius 2 is 2.04 bits per heavy atom. The fraction of sp³-hybridized carbons (Fsp3) is 0.118. The first-order chi connectivity index (χ1) is 13.2. The summed E-state index contributed by atoms with van der Waals surface area (Å²) < 4.78 is 42.0. The third-order valence-corrected chi connectivity index (χ3v) is 6.01. The zero-order chi connectivity index (χ0) is 20.5. The molecular weight excluding hydrogens is 455 g/mol. The number of amides is 1. The highest BCUT2D eigenvalue weighted by Crippen LogP contribution is 2.27. The monoisotopic (exact) mass is 468 g/mol. The molecule has 0 saturated carbocycles. The number of sulfone groups is 1. The number of nitrogens with zero attached hydrogens (tertiary/aromatic N) is 4. The van der Waals surface area contributed by atoms with Crippen molar-refractivity contribution in [1.82, 2.24) is 19.7 Å². The maximum atomic E-state index is 14.2. The largest absolute Gasteiger partial charge is 0.465 e. The van der Waals surface area contributed by atoms with Gasteiger partial charge in [0.2, 0.25) is 15.8 Å². The Kier molecular flexibility index (Phi) is 5.47. The fourth-order valence-corrected chi connectivity index (χ4v) is 4.44. The average Bonchev–Trinajstić information content (AvgIpc) is 3.06. The molecule has 0 spiro atoms. The van der Waals surface area contributed by atoms with E-state index >= 15 is 0 Å². The lowest BCUT2D eigenvalue weighted by molar-refractivity contribution is 0.153. The van der Waals surface area contributed by atoms with Crippen molar-refractivity contribution in [2.75, 3.05) is 7.05 Å². The molecule has 0 saturated heterocycles. The van der Waals surface area contributed by atoms with Crippen LogP contribution in [0.2, 0.25) is 0 Å². The molecule has 0 fully saturated rings. The second-order valence-corrected chi connectivity index (χ2v) is 8.61. The van der Waals surface area contributed by atoms with Crippen molar-refractivity contribution in [3.05, 3.63) is 64.8 Å². The molecular formula is C17H14BrFN4O4S. The Labute approximate surface area is 168 Å². The van der Waals surface area contributed by atoms with E-state index in [1.807, 2.05) is 0 Å². The Hall–Kier alpha value is -2.79. The summed E-state index contributed by atoms with van der Waals surface area (Å²) in [6.45, 7) is -0.175. The molecule has 1 aromatic carbocycles. The van der Waals surface area contributed by atoms with Crippen LogP contribution in [0.1, 0.15) is 5.69 Å². The van der Waals surface area contributed by atoms with E-state index in [9.17, 15) is 17.6 Å². The van der Waals surface area contributed by atoms with E-state index in [1.165, 1.54) is 43.6 Å². The second-order valence-electron chi connectivity index (χ2n) is 5.80. The van der Waals surface area contributed by atoms with E-state index in [0.717, 1.165) is 9.58 Å². The van der Waals surface area contributed by atoms with Gasteiger partial charge >= 0.3 is 6.09 Å². The van der Waals surface area contributed by atoms with Crippen molar-refractivity contribution in [3.63, 3.8) is 0 Å². The van der Waals surface area contributed by atoms with E-state index in [-0.39, 0.29) is 27.8 Å². The average molecular weight is 469 g/mol. The van der Waals surface area contributed by atoms with Crippen LogP contribution in [0.4, 0.5) is 9.18 Å². The van der Waals surface area contributed by atoms with Gasteiger partial charge in [0.1, 0.15) is 5.69 Å². The van der Waals surface area contributed by atoms with Crippen molar-refractivity contribution >= 4 is 31.9 Å². The Bertz CT molecular complexity index is 1150. The van der Waals surface area contributed by atoms with Crippen LogP contribution in [-0.4, -0.2) is 46.3 Å². The van der Waals surface area contributed by atoms with Crippen molar-refractivity contribution < 1.29 is 22.7 Å². The SMILES string of the molecule is CN(Cc1cc(S(=O)(=O)c2cccc(Br)c2)n(-c2cccnc2F)n1)C(=O)O. The standard InChI is InChI=1S/C17H14BrFN4O4S/c1-22(17(24)25)10-12-9-15(23(21-12)14-6-3-7-20-16(14)19)28(26,27)13-5-2-4-11(18)8-13/h2-9H,10H2,1H3,(H,24,25). The number of hydrogen-bond donors (Lipinski definition) is 1. The predicted molar refractivity (Wildman–Crippen MR) is 100 cm³/mol. The van der Waals surface area contributed by atoms with Gasteiger partial charge in [-0.1, -0.05) is 22.0 Å². The number of halogens is 2. The van der Waals surface area contributed by atoms with E-state index in [2.05, 4.69) is 26.0 Å². The van der Waals surface area contributed by atoms with Crippen LogP contribution < -0.4 is 0 Å². The molecule has 0 radical (unpaired) electrons. The number of carboxylic acid groups (broad SMARTS) is 1. The molecule has 2 heterocycles. The van der Waals surface area contributed by atoms with E-state index in [0.29, 0.717) is 4.47 Å². The van der Waals surface area contributed by atoms with Crippen LogP contribution in [0.15, 0.2) is 63.1 Å². The molecule has 28 heavy (non-hydrogen) atoms. The Morgan fingerprint density at radius 1 is 1.29 bits per heavy atom. The first-order valence-corrected chi connectivity index (χ1v) is 10.1. The molecule has 0 atom stereocenters. The van der Waals surface area contributed by atoms with Crippen molar-refractivity contribution in [3.8, 4) is 5.69 Å². The highest BCUT2D eigenvalue weighted by Gasteiger charge is 2.27. The molecule has 8 nitrogen and oxygen atoms in total. The van der Waals surface area contributed by atoms with Gasteiger partial charge in [0, 0.05) is 23.8 Å². The maximum Gasteiger partial charge on any atom is 0.407 e. The van der Waals surface area contributed by atoms with Gasteiger partial charge in [0.15, 0.2) is 5.03 Å². The van der Waals surface area contributed by atoms with Gasteiger partial charge in [-0.2, -0.15) is 9.49 Å². The third kappa shape index (κ3) is 3.90. The molecule has 3 aromatic rings. The van der Waals surface area contributed by atoms with Crippen molar-refractivity contribution in [2.45, 2.75) is 16.5 Å². The van der Waals surface area contributed by atoms with Gasteiger partial charge in [-0.15, -0.1) is 0 Å². The summed E-state index contributed by atoms with van der Waals surface area (Å²) in [6.07, 6.45) is 0.0164. The lowest BCUT2D eigenvalue weighted by atomic mass is 10.4. The molecule has 2 aromatic heterocycles. The zero-order valence-corrected chi connectivity index (χ0v) is 16.9. The first kappa shape index (κ1) is 20.0. The summed E-state index contributed by atoms with van der Waals surface area (Å²) in [5.74, 6) is -0.908. The molecule has 1 N–H and O–H groups in total. The maximum absolute atomic E-state index is 14.2. The van der Waals surface area contributed by atoms with Crippen LogP contribution in [0.3, 0.4) is 0 Å². The van der Waals surface area contributed by atoms with Crippen LogP contribution in [0.25, 0.3) is 5.69 Å². The minimum absolute atomic E-state index is 0.0227. The van der Waals surface area contributed by atoms with Gasteiger partial charge in [-0.3, -0.25) is 0 Å². The quantitative estimate of drug-likeness (QED) is 0.576. The zero-order valence-electron chi connectivity index (χ0n) is 14.5. The van der Waals surface area contributed by atoms with Crippen LogP contribution in [-0.2, 0) is 16.4 Å². The molecule has 1 amide bonds. The molecule has 0 bridgehead atoms. The van der Waals surface area contributed by atoms with E-state index in [1.54, 1.807) is 12.1 Å². The number of benzene rings is 1. The summed E-state index contributed by atoms with van der Waals surface area (Å²) in [5.41, 5.74) is -0.0259. The van der Waals surface area contributed by atoms with Crippen LogP contribution in [0.5, 0.6) is 0 Å². The normalized spacial score (nSPS) is 11.4. The summed E-state index contributed by atoms with van der Waals surface area (Å²) in [5, 5.41) is 12.9. The lowest BCUT2D eigenvalue weighted by Gasteiger charge is -2.10. The minimum atomic E-state index is -4.08. The molecule has 146 valence electrons. The van der Waals surface area contributed by atoms with Gasteiger partial charge in [0.25, 0.3) is 0 Å². The molecule has 0 aliphatic carbocycles. The van der Waals surface area contributed by atoms with Gasteiger partial charge in [0.05, 0.1) is 17.1 Å². The van der Waals surface area contributed by atoms with Gasteiger partial charge in [-0.25, -0.2) is 22.9 Å². The first-order valence-electron chi connectivity index (χ1n) is 7.84. The number of pyridine rings is 1. The van der Waals surface area contributed by atoms with E-state index in [4.69, 9.17) is 5.11 Å². The van der Waals surface area contributed by atoms with Crippen molar-refractivity contribution in [2.24, 2.45) is 0 Å². The van der Waals surface area contributed by atoms with Crippen molar-refractivity contribution in [1.29, 1.82) is 0 Å². The second kappa shape index (κ2) is 7.68. The number of aromatic nitrogens is 3. The number of carbonyl (C=O) groups is 1. The predicted octanol–water partition coefficient (Wildman–Crippen LogP) is 3.11. The Balaban J connectivity index is 2.20. The summed E-state index contributed by atoms with van der Waals surface area (Å²) in [6, 6.07) is 10.0. The molecule has 0 aliphatic heterocycles. The molecule has 3 rings (SSSR count). The minimum Gasteiger partial charge on any atom is -0.465 e. The van der Waals surface area contributed by atoms with Gasteiger partial charge < -0.3 is 10.0 Å². The smallest absolute Gasteiger partial charge is 0.407 e. The number of hydrogen-bond acceptors (Lipinski definition) is 5. The number of rotatable bonds is 5. The lowest BCUT2D eigenvalue weighted by Crippen LogP contribution is -2.24. The molecule has 0 aliphatic rings. The third-order valence-electron chi connectivity index (χ3n) is 3.80. The Morgan fingerprint density at radius 3 is 2.68 bits per heavy atom. The summed E-state index contributed by atoms with van der Waals surface area (Å²) in [4.78, 5) is 15.5.